The van der Waals surface area contributed by atoms with E-state index in [1.807, 2.05) is 30.3 Å². The number of carbonyl (C=O) groups excluding carboxylic acids is 2. The largest absolute Gasteiger partial charge is 0.353 e. The van der Waals surface area contributed by atoms with Crippen LogP contribution in [0, 0.1) is 11.7 Å². The highest BCUT2D eigenvalue weighted by Gasteiger charge is 2.36. The van der Waals surface area contributed by atoms with Crippen LogP contribution in [0.5, 0.6) is 0 Å². The zero-order valence-electron chi connectivity index (χ0n) is 15.1. The van der Waals surface area contributed by atoms with Crippen LogP contribution in [0.4, 0.5) is 4.39 Å². The van der Waals surface area contributed by atoms with Gasteiger partial charge in [-0.15, -0.1) is 0 Å². The zero-order chi connectivity index (χ0) is 18.8. The molecule has 27 heavy (non-hydrogen) atoms. The fourth-order valence-electron chi connectivity index (χ4n) is 3.74. The van der Waals surface area contributed by atoms with Crippen LogP contribution in [-0.4, -0.2) is 35.8 Å². The van der Waals surface area contributed by atoms with Gasteiger partial charge >= 0.3 is 0 Å². The van der Waals surface area contributed by atoms with Crippen LogP contribution in [0.3, 0.4) is 0 Å². The lowest BCUT2D eigenvalue weighted by atomic mass is 9.83. The van der Waals surface area contributed by atoms with Gasteiger partial charge in [0.05, 0.1) is 5.92 Å². The maximum atomic E-state index is 13.2. The molecule has 1 heterocycles. The third-order valence-corrected chi connectivity index (χ3v) is 5.39. The summed E-state index contributed by atoms with van der Waals surface area (Å²) < 4.78 is 13.2. The number of rotatable bonds is 4. The van der Waals surface area contributed by atoms with E-state index in [-0.39, 0.29) is 29.5 Å². The smallest absolute Gasteiger partial charge is 0.253 e. The molecule has 1 aliphatic carbocycles. The van der Waals surface area contributed by atoms with E-state index in [1.165, 1.54) is 24.3 Å². The van der Waals surface area contributed by atoms with E-state index < -0.39 is 0 Å². The molecule has 0 aromatic heterocycles. The summed E-state index contributed by atoms with van der Waals surface area (Å²) in [6.45, 7) is 0.964. The lowest BCUT2D eigenvalue weighted by Gasteiger charge is -2.37. The summed E-state index contributed by atoms with van der Waals surface area (Å²) in [5.74, 6) is -0.600. The third-order valence-electron chi connectivity index (χ3n) is 5.39. The van der Waals surface area contributed by atoms with Crippen molar-refractivity contribution < 1.29 is 14.0 Å². The van der Waals surface area contributed by atoms with Crippen molar-refractivity contribution in [3.63, 3.8) is 0 Å². The number of nitrogens with one attached hydrogen (secondary N) is 1. The fourth-order valence-corrected chi connectivity index (χ4v) is 3.74. The van der Waals surface area contributed by atoms with Gasteiger partial charge in [-0.2, -0.15) is 0 Å². The number of carbonyl (C=O) groups is 2. The van der Waals surface area contributed by atoms with Gasteiger partial charge in [0.25, 0.3) is 5.91 Å². The Morgan fingerprint density at radius 3 is 2.33 bits per heavy atom. The van der Waals surface area contributed by atoms with E-state index >= 15 is 0 Å². The molecular formula is C22H23FN2O2. The van der Waals surface area contributed by atoms with E-state index in [9.17, 15) is 14.0 Å². The van der Waals surface area contributed by atoms with Crippen LogP contribution >= 0.6 is 0 Å². The SMILES string of the molecule is O=C(NC1CC1)[C@@H]1C[C@H](c2ccccc2)CN(C(=O)c2ccc(F)cc2)C1. The first kappa shape index (κ1) is 17.7. The number of piperidine rings is 1. The molecular weight excluding hydrogens is 343 g/mol. The van der Waals surface area contributed by atoms with Crippen molar-refractivity contribution in [2.45, 2.75) is 31.2 Å². The van der Waals surface area contributed by atoms with Gasteiger partial charge in [-0.05, 0) is 49.1 Å². The molecule has 0 unspecified atom stereocenters. The molecule has 2 aromatic rings. The number of hydrogen-bond acceptors (Lipinski definition) is 2. The second kappa shape index (κ2) is 7.51. The van der Waals surface area contributed by atoms with Crippen molar-refractivity contribution >= 4 is 11.8 Å². The molecule has 2 fully saturated rings. The van der Waals surface area contributed by atoms with Crippen LogP contribution in [0.2, 0.25) is 0 Å². The summed E-state index contributed by atoms with van der Waals surface area (Å²) in [5, 5.41) is 3.08. The first-order valence-electron chi connectivity index (χ1n) is 9.50. The average molecular weight is 366 g/mol. The summed E-state index contributed by atoms with van der Waals surface area (Å²) in [4.78, 5) is 27.4. The second-order valence-electron chi connectivity index (χ2n) is 7.54. The minimum Gasteiger partial charge on any atom is -0.353 e. The molecule has 1 saturated carbocycles. The Morgan fingerprint density at radius 2 is 1.67 bits per heavy atom. The highest BCUT2D eigenvalue weighted by atomic mass is 19.1. The van der Waals surface area contributed by atoms with Crippen LogP contribution in [-0.2, 0) is 4.79 Å². The molecule has 1 N–H and O–H groups in total. The Hall–Kier alpha value is -2.69. The van der Waals surface area contributed by atoms with E-state index in [0.29, 0.717) is 24.7 Å². The first-order valence-corrected chi connectivity index (χ1v) is 9.50. The van der Waals surface area contributed by atoms with E-state index in [2.05, 4.69) is 5.32 Å². The minimum absolute atomic E-state index is 0.0371. The standard InChI is InChI=1S/C22H23FN2O2/c23-19-8-6-16(7-9-19)22(27)25-13-17(15-4-2-1-3-5-15)12-18(14-25)21(26)24-20-10-11-20/h1-9,17-18,20H,10-14H2,(H,24,26)/t17-,18+/m0/s1. The zero-order valence-corrected chi connectivity index (χ0v) is 15.1. The molecule has 0 spiro atoms. The molecule has 2 aliphatic rings. The molecule has 0 bridgehead atoms. The second-order valence-corrected chi connectivity index (χ2v) is 7.54. The molecule has 0 radical (unpaired) electrons. The fraction of sp³-hybridized carbons (Fsp3) is 0.364. The first-order chi connectivity index (χ1) is 13.1. The summed E-state index contributed by atoms with van der Waals surface area (Å²) in [6, 6.07) is 15.9. The maximum absolute atomic E-state index is 13.2. The average Bonchev–Trinajstić information content (AvgIpc) is 3.52. The number of hydrogen-bond donors (Lipinski definition) is 1. The van der Waals surface area contributed by atoms with Gasteiger partial charge < -0.3 is 10.2 Å². The molecule has 140 valence electrons. The van der Waals surface area contributed by atoms with Gasteiger partial charge in [0.2, 0.25) is 5.91 Å². The quantitative estimate of drug-likeness (QED) is 0.902. The van der Waals surface area contributed by atoms with Crippen LogP contribution in [0.15, 0.2) is 54.6 Å². The van der Waals surface area contributed by atoms with Gasteiger partial charge in [0.15, 0.2) is 0 Å². The molecule has 4 rings (SSSR count). The monoisotopic (exact) mass is 366 g/mol. The number of halogens is 1. The number of nitrogens with zero attached hydrogens (tertiary/aromatic N) is 1. The van der Waals surface area contributed by atoms with E-state index in [1.54, 1.807) is 4.90 Å². The molecule has 2 amide bonds. The lowest BCUT2D eigenvalue weighted by molar-refractivity contribution is -0.126. The maximum Gasteiger partial charge on any atom is 0.253 e. The number of benzene rings is 2. The number of amides is 2. The molecule has 4 nitrogen and oxygen atoms in total. The van der Waals surface area contributed by atoms with Crippen LogP contribution < -0.4 is 5.32 Å². The number of likely N-dealkylation sites (tertiary alicyclic amines) is 1. The minimum atomic E-state index is -0.367. The van der Waals surface area contributed by atoms with Gasteiger partial charge in [-0.1, -0.05) is 30.3 Å². The lowest BCUT2D eigenvalue weighted by Crippen LogP contribution is -2.48. The third kappa shape index (κ3) is 4.18. The predicted octanol–water partition coefficient (Wildman–Crippen LogP) is 3.35. The van der Waals surface area contributed by atoms with Gasteiger partial charge in [0, 0.05) is 30.6 Å². The molecule has 2 atom stereocenters. The highest BCUT2D eigenvalue weighted by Crippen LogP contribution is 2.32. The summed E-state index contributed by atoms with van der Waals surface area (Å²) >= 11 is 0. The van der Waals surface area contributed by atoms with Crippen LogP contribution in [0.1, 0.15) is 41.1 Å². The Kier molecular flexibility index (Phi) is 4.92. The Balaban J connectivity index is 1.56. The van der Waals surface area contributed by atoms with Gasteiger partial charge in [-0.3, -0.25) is 9.59 Å². The van der Waals surface area contributed by atoms with Crippen molar-refractivity contribution in [2.75, 3.05) is 13.1 Å². The highest BCUT2D eigenvalue weighted by molar-refractivity contribution is 5.94. The summed E-state index contributed by atoms with van der Waals surface area (Å²) in [7, 11) is 0. The predicted molar refractivity (Wildman–Crippen MR) is 101 cm³/mol. The molecule has 1 aliphatic heterocycles. The Morgan fingerprint density at radius 1 is 0.963 bits per heavy atom. The van der Waals surface area contributed by atoms with Crippen molar-refractivity contribution in [1.29, 1.82) is 0 Å². The van der Waals surface area contributed by atoms with E-state index in [0.717, 1.165) is 24.8 Å². The Labute approximate surface area is 158 Å². The Bertz CT molecular complexity index is 818. The van der Waals surface area contributed by atoms with Gasteiger partial charge in [-0.25, -0.2) is 4.39 Å². The van der Waals surface area contributed by atoms with Crippen molar-refractivity contribution in [3.8, 4) is 0 Å². The van der Waals surface area contributed by atoms with Crippen molar-refractivity contribution in [2.24, 2.45) is 5.92 Å². The van der Waals surface area contributed by atoms with Crippen molar-refractivity contribution in [1.82, 2.24) is 10.2 Å². The van der Waals surface area contributed by atoms with Crippen LogP contribution in [0.25, 0.3) is 0 Å². The molecule has 1 saturated heterocycles. The van der Waals surface area contributed by atoms with E-state index in [4.69, 9.17) is 0 Å². The molecule has 2 aromatic carbocycles. The molecule has 5 heteroatoms. The topological polar surface area (TPSA) is 49.4 Å². The summed E-state index contributed by atoms with van der Waals surface area (Å²) in [6.07, 6.45) is 2.81. The van der Waals surface area contributed by atoms with Gasteiger partial charge in [0.1, 0.15) is 5.82 Å². The normalized spacial score (nSPS) is 22.3. The summed E-state index contributed by atoms with van der Waals surface area (Å²) in [5.41, 5.74) is 1.59. The van der Waals surface area contributed by atoms with Crippen molar-refractivity contribution in [3.05, 3.63) is 71.5 Å².